The van der Waals surface area contributed by atoms with Crippen molar-refractivity contribution >= 4 is 21.6 Å². The standard InChI is InChI=1S/C21H26N2O3S/c1-16-7-10-18(11-8-16)22-21(24)20-15-19(12-9-17(20)2)27(25,26)23-13-5-3-4-6-14-23/h7-12,15H,3-6,13-14H2,1-2H3,(H,22,24). The summed E-state index contributed by atoms with van der Waals surface area (Å²) in [5, 5.41) is 2.85. The SMILES string of the molecule is Cc1ccc(NC(=O)c2cc(S(=O)(=O)N3CCCCCC3)ccc2C)cc1. The molecule has 5 nitrogen and oxygen atoms in total. The number of aryl methyl sites for hydroxylation is 2. The van der Waals surface area contributed by atoms with Crippen molar-refractivity contribution in [3.63, 3.8) is 0 Å². The Morgan fingerprint density at radius 3 is 2.19 bits per heavy atom. The van der Waals surface area contributed by atoms with Gasteiger partial charge in [0.2, 0.25) is 10.0 Å². The summed E-state index contributed by atoms with van der Waals surface area (Å²) in [5.74, 6) is -0.302. The molecule has 144 valence electrons. The highest BCUT2D eigenvalue weighted by molar-refractivity contribution is 7.89. The number of hydrogen-bond acceptors (Lipinski definition) is 3. The van der Waals surface area contributed by atoms with Gasteiger partial charge in [0.1, 0.15) is 0 Å². The molecule has 1 amide bonds. The molecule has 2 aromatic carbocycles. The Bertz CT molecular complexity index is 913. The third kappa shape index (κ3) is 4.57. The van der Waals surface area contributed by atoms with E-state index in [-0.39, 0.29) is 10.8 Å². The Balaban J connectivity index is 1.86. The maximum atomic E-state index is 13.0. The summed E-state index contributed by atoms with van der Waals surface area (Å²) in [5.41, 5.74) is 2.92. The summed E-state index contributed by atoms with van der Waals surface area (Å²) in [6.45, 7) is 4.88. The van der Waals surface area contributed by atoms with Gasteiger partial charge in [-0.15, -0.1) is 0 Å². The predicted octanol–water partition coefficient (Wildman–Crippen LogP) is 4.12. The first-order valence-electron chi connectivity index (χ1n) is 9.37. The summed E-state index contributed by atoms with van der Waals surface area (Å²) in [6, 6.07) is 12.3. The molecule has 0 radical (unpaired) electrons. The van der Waals surface area contributed by atoms with Gasteiger partial charge in [0.05, 0.1) is 4.90 Å². The zero-order valence-electron chi connectivity index (χ0n) is 15.9. The average Bonchev–Trinajstić information content (AvgIpc) is 2.94. The molecule has 0 aromatic heterocycles. The number of sulfonamides is 1. The molecule has 0 aliphatic carbocycles. The van der Waals surface area contributed by atoms with Crippen LogP contribution in [0.3, 0.4) is 0 Å². The normalized spacial score (nSPS) is 15.9. The van der Waals surface area contributed by atoms with Crippen LogP contribution in [-0.2, 0) is 10.0 Å². The number of rotatable bonds is 4. The van der Waals surface area contributed by atoms with E-state index in [1.54, 1.807) is 16.4 Å². The van der Waals surface area contributed by atoms with Gasteiger partial charge in [0, 0.05) is 24.3 Å². The van der Waals surface area contributed by atoms with Crippen molar-refractivity contribution in [3.05, 3.63) is 59.2 Å². The number of nitrogens with zero attached hydrogens (tertiary/aromatic N) is 1. The molecule has 0 unspecified atom stereocenters. The molecule has 0 saturated carbocycles. The van der Waals surface area contributed by atoms with Crippen LogP contribution >= 0.6 is 0 Å². The van der Waals surface area contributed by atoms with E-state index in [1.165, 1.54) is 6.07 Å². The molecule has 1 saturated heterocycles. The molecule has 1 aliphatic heterocycles. The highest BCUT2D eigenvalue weighted by Crippen LogP contribution is 2.23. The summed E-state index contributed by atoms with van der Waals surface area (Å²) in [7, 11) is -3.58. The monoisotopic (exact) mass is 386 g/mol. The Hall–Kier alpha value is -2.18. The van der Waals surface area contributed by atoms with Gasteiger partial charge in [-0.3, -0.25) is 4.79 Å². The maximum Gasteiger partial charge on any atom is 0.255 e. The molecule has 3 rings (SSSR count). The van der Waals surface area contributed by atoms with Crippen LogP contribution in [0.15, 0.2) is 47.4 Å². The Kier molecular flexibility index (Phi) is 5.97. The average molecular weight is 387 g/mol. The number of nitrogens with one attached hydrogen (secondary N) is 1. The van der Waals surface area contributed by atoms with Crippen molar-refractivity contribution in [1.82, 2.24) is 4.31 Å². The topological polar surface area (TPSA) is 66.5 Å². The second-order valence-corrected chi connectivity index (χ2v) is 9.05. The fourth-order valence-electron chi connectivity index (χ4n) is 3.27. The molecule has 1 aliphatic rings. The second kappa shape index (κ2) is 8.23. The number of anilines is 1. The van der Waals surface area contributed by atoms with E-state index in [0.29, 0.717) is 24.3 Å². The van der Waals surface area contributed by atoms with Gasteiger partial charge in [-0.2, -0.15) is 4.31 Å². The number of hydrogen-bond donors (Lipinski definition) is 1. The molecule has 0 spiro atoms. The van der Waals surface area contributed by atoms with Gasteiger partial charge in [0.15, 0.2) is 0 Å². The zero-order valence-corrected chi connectivity index (χ0v) is 16.7. The van der Waals surface area contributed by atoms with Crippen LogP contribution in [0.5, 0.6) is 0 Å². The molecule has 6 heteroatoms. The maximum absolute atomic E-state index is 13.0. The van der Waals surface area contributed by atoms with E-state index in [2.05, 4.69) is 5.32 Å². The number of amides is 1. The summed E-state index contributed by atoms with van der Waals surface area (Å²) >= 11 is 0. The van der Waals surface area contributed by atoms with Gasteiger partial charge in [-0.05, 0) is 56.5 Å². The first-order valence-corrected chi connectivity index (χ1v) is 10.8. The van der Waals surface area contributed by atoms with E-state index in [0.717, 1.165) is 36.8 Å². The highest BCUT2D eigenvalue weighted by atomic mass is 32.2. The molecular formula is C21H26N2O3S. The summed E-state index contributed by atoms with van der Waals surface area (Å²) < 4.78 is 27.6. The van der Waals surface area contributed by atoms with Crippen molar-refractivity contribution in [1.29, 1.82) is 0 Å². The number of benzene rings is 2. The molecular weight excluding hydrogens is 360 g/mol. The lowest BCUT2D eigenvalue weighted by molar-refractivity contribution is 0.102. The van der Waals surface area contributed by atoms with Crippen LogP contribution in [0.2, 0.25) is 0 Å². The Morgan fingerprint density at radius 1 is 0.926 bits per heavy atom. The number of carbonyl (C=O) groups excluding carboxylic acids is 1. The molecule has 1 heterocycles. The van der Waals surface area contributed by atoms with Crippen molar-refractivity contribution in [2.45, 2.75) is 44.4 Å². The van der Waals surface area contributed by atoms with Gasteiger partial charge < -0.3 is 5.32 Å². The van der Waals surface area contributed by atoms with Gasteiger partial charge >= 0.3 is 0 Å². The highest BCUT2D eigenvalue weighted by Gasteiger charge is 2.26. The third-order valence-corrected chi connectivity index (χ3v) is 6.86. The lowest BCUT2D eigenvalue weighted by Gasteiger charge is -2.20. The van der Waals surface area contributed by atoms with E-state index in [4.69, 9.17) is 0 Å². The minimum absolute atomic E-state index is 0.184. The fourth-order valence-corrected chi connectivity index (χ4v) is 4.82. The predicted molar refractivity (Wildman–Crippen MR) is 108 cm³/mol. The first kappa shape index (κ1) is 19.6. The van der Waals surface area contributed by atoms with Crippen molar-refractivity contribution < 1.29 is 13.2 Å². The molecule has 0 bridgehead atoms. The second-order valence-electron chi connectivity index (χ2n) is 7.12. The lowest BCUT2D eigenvalue weighted by atomic mass is 10.1. The van der Waals surface area contributed by atoms with Crippen molar-refractivity contribution in [2.24, 2.45) is 0 Å². The van der Waals surface area contributed by atoms with Crippen LogP contribution in [0.1, 0.15) is 47.2 Å². The minimum atomic E-state index is -3.58. The van der Waals surface area contributed by atoms with Crippen molar-refractivity contribution in [2.75, 3.05) is 18.4 Å². The van der Waals surface area contributed by atoms with E-state index < -0.39 is 10.0 Å². The van der Waals surface area contributed by atoms with E-state index >= 15 is 0 Å². The van der Waals surface area contributed by atoms with E-state index in [1.807, 2.05) is 38.1 Å². The van der Waals surface area contributed by atoms with Crippen LogP contribution in [0.4, 0.5) is 5.69 Å². The third-order valence-electron chi connectivity index (χ3n) is 4.97. The first-order chi connectivity index (χ1) is 12.9. The fraction of sp³-hybridized carbons (Fsp3) is 0.381. The lowest BCUT2D eigenvalue weighted by Crippen LogP contribution is -2.32. The zero-order chi connectivity index (χ0) is 19.4. The quantitative estimate of drug-likeness (QED) is 0.859. The molecule has 0 atom stereocenters. The van der Waals surface area contributed by atoms with Gasteiger partial charge in [-0.25, -0.2) is 8.42 Å². The Morgan fingerprint density at radius 2 is 1.56 bits per heavy atom. The minimum Gasteiger partial charge on any atom is -0.322 e. The van der Waals surface area contributed by atoms with Crippen molar-refractivity contribution in [3.8, 4) is 0 Å². The molecule has 1 N–H and O–H groups in total. The Labute approximate surface area is 161 Å². The summed E-state index contributed by atoms with van der Waals surface area (Å²) in [4.78, 5) is 12.9. The largest absolute Gasteiger partial charge is 0.322 e. The number of carbonyl (C=O) groups is 1. The molecule has 1 fully saturated rings. The van der Waals surface area contributed by atoms with Crippen LogP contribution < -0.4 is 5.32 Å². The molecule has 2 aromatic rings. The summed E-state index contributed by atoms with van der Waals surface area (Å²) in [6.07, 6.45) is 3.88. The van der Waals surface area contributed by atoms with Crippen LogP contribution in [-0.4, -0.2) is 31.7 Å². The van der Waals surface area contributed by atoms with E-state index in [9.17, 15) is 13.2 Å². The smallest absolute Gasteiger partial charge is 0.255 e. The van der Waals surface area contributed by atoms with Crippen LogP contribution in [0, 0.1) is 13.8 Å². The van der Waals surface area contributed by atoms with Gasteiger partial charge in [-0.1, -0.05) is 36.6 Å². The molecule has 27 heavy (non-hydrogen) atoms. The van der Waals surface area contributed by atoms with Crippen LogP contribution in [0.25, 0.3) is 0 Å². The van der Waals surface area contributed by atoms with Gasteiger partial charge in [0.25, 0.3) is 5.91 Å².